The molecule has 0 saturated carbocycles. The third kappa shape index (κ3) is 4.57. The third-order valence-electron chi connectivity index (χ3n) is 4.77. The van der Waals surface area contributed by atoms with Crippen LogP contribution >= 0.6 is 0 Å². The van der Waals surface area contributed by atoms with E-state index in [4.69, 9.17) is 4.52 Å². The quantitative estimate of drug-likeness (QED) is 0.770. The molecule has 1 N–H and O–H groups in total. The monoisotopic (exact) mass is 407 g/mol. The second-order valence-corrected chi connectivity index (χ2v) is 9.20. The van der Waals surface area contributed by atoms with Crippen molar-refractivity contribution in [2.45, 2.75) is 26.3 Å². The van der Waals surface area contributed by atoms with E-state index in [0.29, 0.717) is 37.6 Å². The van der Waals surface area contributed by atoms with Crippen LogP contribution in [0.3, 0.4) is 0 Å². The highest BCUT2D eigenvalue weighted by Crippen LogP contribution is 2.21. The molecule has 152 valence electrons. The number of aryl methyl sites for hydroxylation is 1. The van der Waals surface area contributed by atoms with Gasteiger partial charge in [0, 0.05) is 38.7 Å². The first-order valence-electron chi connectivity index (χ1n) is 9.12. The van der Waals surface area contributed by atoms with Crippen molar-refractivity contribution in [1.29, 1.82) is 0 Å². The molecule has 0 atom stereocenters. The van der Waals surface area contributed by atoms with Crippen molar-refractivity contribution in [2.75, 3.05) is 27.2 Å². The number of aromatic nitrogens is 2. The normalized spacial score (nSPS) is 16.4. The maximum atomic E-state index is 12.4. The summed E-state index contributed by atoms with van der Waals surface area (Å²) < 4.78 is 32.1. The van der Waals surface area contributed by atoms with Gasteiger partial charge in [0.2, 0.25) is 17.6 Å². The number of benzene rings is 1. The smallest absolute Gasteiger partial charge is 0.281 e. The first kappa shape index (κ1) is 20.4. The van der Waals surface area contributed by atoms with Gasteiger partial charge in [-0.25, -0.2) is 0 Å². The van der Waals surface area contributed by atoms with E-state index in [0.717, 1.165) is 11.1 Å². The fraction of sp³-hybridized carbons (Fsp3) is 0.500. The minimum Gasteiger partial charge on any atom is -0.347 e. The van der Waals surface area contributed by atoms with Crippen molar-refractivity contribution in [3.8, 4) is 11.4 Å². The van der Waals surface area contributed by atoms with E-state index >= 15 is 0 Å². The Kier molecular flexibility index (Phi) is 6.11. The summed E-state index contributed by atoms with van der Waals surface area (Å²) in [5.41, 5.74) is 1.95. The zero-order chi connectivity index (χ0) is 20.3. The van der Waals surface area contributed by atoms with Crippen LogP contribution in [0.4, 0.5) is 0 Å². The number of hydrogen-bond donors (Lipinski definition) is 1. The maximum Gasteiger partial charge on any atom is 0.281 e. The lowest BCUT2D eigenvalue weighted by molar-refractivity contribution is -0.126. The summed E-state index contributed by atoms with van der Waals surface area (Å²) in [6, 6.07) is 7.77. The Balaban J connectivity index is 1.52. The zero-order valence-electron chi connectivity index (χ0n) is 16.3. The summed E-state index contributed by atoms with van der Waals surface area (Å²) in [6.45, 7) is 2.79. The van der Waals surface area contributed by atoms with Crippen LogP contribution in [0.5, 0.6) is 0 Å². The lowest BCUT2D eigenvalue weighted by Crippen LogP contribution is -2.46. The van der Waals surface area contributed by atoms with Gasteiger partial charge in [0.05, 0.1) is 6.54 Å². The summed E-state index contributed by atoms with van der Waals surface area (Å²) in [5, 5.41) is 6.76. The molecule has 1 aliphatic rings. The van der Waals surface area contributed by atoms with Gasteiger partial charge in [0.15, 0.2) is 0 Å². The first-order valence-corrected chi connectivity index (χ1v) is 10.5. The van der Waals surface area contributed by atoms with Crippen LogP contribution in [-0.2, 0) is 21.5 Å². The van der Waals surface area contributed by atoms with Crippen LogP contribution in [0, 0.1) is 12.8 Å². The van der Waals surface area contributed by atoms with Gasteiger partial charge in [-0.2, -0.15) is 22.0 Å². The van der Waals surface area contributed by atoms with Gasteiger partial charge in [0.25, 0.3) is 10.2 Å². The number of piperidine rings is 1. The second-order valence-electron chi connectivity index (χ2n) is 7.06. The van der Waals surface area contributed by atoms with Crippen LogP contribution in [0.15, 0.2) is 28.8 Å². The van der Waals surface area contributed by atoms with Crippen LogP contribution in [0.1, 0.15) is 24.3 Å². The van der Waals surface area contributed by atoms with Crippen molar-refractivity contribution < 1.29 is 17.7 Å². The fourth-order valence-corrected chi connectivity index (χ4v) is 4.25. The molecule has 0 radical (unpaired) electrons. The Morgan fingerprint density at radius 2 is 2.04 bits per heavy atom. The van der Waals surface area contributed by atoms with Crippen LogP contribution < -0.4 is 5.32 Å². The van der Waals surface area contributed by atoms with Gasteiger partial charge in [-0.05, 0) is 25.8 Å². The molecule has 1 aliphatic heterocycles. The fourth-order valence-electron chi connectivity index (χ4n) is 3.11. The van der Waals surface area contributed by atoms with E-state index in [1.54, 1.807) is 0 Å². The lowest BCUT2D eigenvalue weighted by atomic mass is 9.97. The van der Waals surface area contributed by atoms with E-state index in [2.05, 4.69) is 15.5 Å². The number of nitrogens with one attached hydrogen (secondary N) is 1. The predicted octanol–water partition coefficient (Wildman–Crippen LogP) is 1.18. The maximum absolute atomic E-state index is 12.4. The molecule has 2 heterocycles. The largest absolute Gasteiger partial charge is 0.347 e. The Hall–Kier alpha value is -2.30. The average Bonchev–Trinajstić information content (AvgIpc) is 3.15. The Morgan fingerprint density at radius 3 is 2.68 bits per heavy atom. The van der Waals surface area contributed by atoms with Gasteiger partial charge < -0.3 is 9.84 Å². The summed E-state index contributed by atoms with van der Waals surface area (Å²) in [6.07, 6.45) is 0.967. The van der Waals surface area contributed by atoms with Gasteiger partial charge in [-0.1, -0.05) is 28.9 Å². The highest BCUT2D eigenvalue weighted by molar-refractivity contribution is 7.86. The Morgan fingerprint density at radius 1 is 1.32 bits per heavy atom. The molecule has 0 spiro atoms. The van der Waals surface area contributed by atoms with Gasteiger partial charge in [-0.3, -0.25) is 4.79 Å². The SMILES string of the molecule is Cc1cccc(-c2noc(CNC(=O)C3CCN(S(=O)(=O)N(C)C)CC3)n2)c1. The number of nitrogens with zero attached hydrogens (tertiary/aromatic N) is 4. The highest BCUT2D eigenvalue weighted by atomic mass is 32.2. The van der Waals surface area contributed by atoms with Crippen LogP contribution in [-0.4, -0.2) is 60.3 Å². The number of hydrogen-bond acceptors (Lipinski definition) is 6. The molecule has 3 rings (SSSR count). The number of rotatable bonds is 6. The molecular weight excluding hydrogens is 382 g/mol. The number of carbonyl (C=O) groups is 1. The molecular formula is C18H25N5O4S. The first-order chi connectivity index (χ1) is 13.3. The molecule has 2 aromatic rings. The van der Waals surface area contributed by atoms with Crippen molar-refractivity contribution in [1.82, 2.24) is 24.1 Å². The van der Waals surface area contributed by atoms with E-state index in [9.17, 15) is 13.2 Å². The molecule has 1 aromatic heterocycles. The predicted molar refractivity (Wildman–Crippen MR) is 103 cm³/mol. The van der Waals surface area contributed by atoms with Crippen LogP contribution in [0.2, 0.25) is 0 Å². The summed E-state index contributed by atoms with van der Waals surface area (Å²) in [5.74, 6) is 0.456. The molecule has 1 aromatic carbocycles. The van der Waals surface area contributed by atoms with E-state index in [-0.39, 0.29) is 18.4 Å². The zero-order valence-corrected chi connectivity index (χ0v) is 17.1. The summed E-state index contributed by atoms with van der Waals surface area (Å²) in [4.78, 5) is 16.7. The molecule has 10 heteroatoms. The minimum absolute atomic E-state index is 0.128. The summed E-state index contributed by atoms with van der Waals surface area (Å²) in [7, 11) is -0.422. The third-order valence-corrected chi connectivity index (χ3v) is 6.71. The number of carbonyl (C=O) groups excluding carboxylic acids is 1. The number of amides is 1. The van der Waals surface area contributed by atoms with Gasteiger partial charge >= 0.3 is 0 Å². The average molecular weight is 407 g/mol. The molecule has 1 saturated heterocycles. The molecule has 1 fully saturated rings. The molecule has 0 unspecified atom stereocenters. The van der Waals surface area contributed by atoms with Crippen molar-refractivity contribution in [2.24, 2.45) is 5.92 Å². The molecule has 0 bridgehead atoms. The standard InChI is InChI=1S/C18H25N5O4S/c1-13-5-4-6-15(11-13)17-20-16(27-21-17)12-19-18(24)14-7-9-23(10-8-14)28(25,26)22(2)3/h4-6,11,14H,7-10,12H2,1-3H3,(H,19,24). The lowest BCUT2D eigenvalue weighted by Gasteiger charge is -2.32. The Labute approximate surface area is 164 Å². The van der Waals surface area contributed by atoms with Gasteiger partial charge in [0.1, 0.15) is 0 Å². The minimum atomic E-state index is -3.43. The van der Waals surface area contributed by atoms with Crippen LogP contribution in [0.25, 0.3) is 11.4 Å². The topological polar surface area (TPSA) is 109 Å². The molecule has 28 heavy (non-hydrogen) atoms. The van der Waals surface area contributed by atoms with E-state index in [1.165, 1.54) is 22.7 Å². The highest BCUT2D eigenvalue weighted by Gasteiger charge is 2.32. The van der Waals surface area contributed by atoms with E-state index in [1.807, 2.05) is 31.2 Å². The van der Waals surface area contributed by atoms with Crippen molar-refractivity contribution >= 4 is 16.1 Å². The Bertz CT molecular complexity index is 933. The van der Waals surface area contributed by atoms with Crippen molar-refractivity contribution in [3.63, 3.8) is 0 Å². The van der Waals surface area contributed by atoms with Crippen molar-refractivity contribution in [3.05, 3.63) is 35.7 Å². The molecule has 1 amide bonds. The molecule has 0 aliphatic carbocycles. The van der Waals surface area contributed by atoms with Gasteiger partial charge in [-0.15, -0.1) is 0 Å². The summed E-state index contributed by atoms with van der Waals surface area (Å²) >= 11 is 0. The molecule has 9 nitrogen and oxygen atoms in total. The van der Waals surface area contributed by atoms with E-state index < -0.39 is 10.2 Å². The second kappa shape index (κ2) is 8.38.